The molecule has 1 aromatic carbocycles. The first-order chi connectivity index (χ1) is 13.7. The number of para-hydroxylation sites is 1. The zero-order valence-electron chi connectivity index (χ0n) is 15.6. The SMILES string of the molecule is O=C(Nc1cccc2cccnc12)C1CC1C(=O)N1CCC2(CC1)OCCO2. The summed E-state index contributed by atoms with van der Waals surface area (Å²) in [5.74, 6) is -1.00. The molecule has 2 saturated heterocycles. The Bertz CT molecular complexity index is 910. The molecule has 1 aromatic heterocycles. The van der Waals surface area contributed by atoms with Gasteiger partial charge in [-0.25, -0.2) is 0 Å². The quantitative estimate of drug-likeness (QED) is 0.881. The molecule has 1 saturated carbocycles. The molecule has 3 heterocycles. The summed E-state index contributed by atoms with van der Waals surface area (Å²) in [4.78, 5) is 31.7. The second-order valence-corrected chi connectivity index (χ2v) is 7.75. The number of hydrogen-bond donors (Lipinski definition) is 1. The largest absolute Gasteiger partial charge is 0.347 e. The average molecular weight is 381 g/mol. The van der Waals surface area contributed by atoms with Crippen LogP contribution in [0.3, 0.4) is 0 Å². The van der Waals surface area contributed by atoms with Crippen molar-refractivity contribution in [3.63, 3.8) is 0 Å². The maximum Gasteiger partial charge on any atom is 0.228 e. The molecule has 1 spiro atoms. The molecule has 3 fully saturated rings. The molecule has 5 rings (SSSR count). The minimum absolute atomic E-state index is 0.0732. The lowest BCUT2D eigenvalue weighted by molar-refractivity contribution is -0.187. The third kappa shape index (κ3) is 3.14. The third-order valence-electron chi connectivity index (χ3n) is 5.99. The van der Waals surface area contributed by atoms with Gasteiger partial charge in [0.25, 0.3) is 0 Å². The summed E-state index contributed by atoms with van der Waals surface area (Å²) in [6, 6.07) is 9.53. The predicted octanol–water partition coefficient (Wildman–Crippen LogP) is 2.17. The minimum atomic E-state index is -0.488. The molecule has 0 bridgehead atoms. The van der Waals surface area contributed by atoms with E-state index in [1.54, 1.807) is 6.20 Å². The van der Waals surface area contributed by atoms with Gasteiger partial charge in [0.05, 0.1) is 36.3 Å². The molecule has 28 heavy (non-hydrogen) atoms. The number of benzene rings is 1. The van der Waals surface area contributed by atoms with Gasteiger partial charge in [-0.2, -0.15) is 0 Å². The smallest absolute Gasteiger partial charge is 0.228 e. The fourth-order valence-electron chi connectivity index (χ4n) is 4.28. The van der Waals surface area contributed by atoms with Crippen LogP contribution in [0.5, 0.6) is 0 Å². The second kappa shape index (κ2) is 6.83. The number of pyridine rings is 1. The van der Waals surface area contributed by atoms with Crippen LogP contribution in [0.15, 0.2) is 36.5 Å². The van der Waals surface area contributed by atoms with Crippen molar-refractivity contribution in [1.82, 2.24) is 9.88 Å². The van der Waals surface area contributed by atoms with E-state index >= 15 is 0 Å². The van der Waals surface area contributed by atoms with Gasteiger partial charge in [-0.1, -0.05) is 18.2 Å². The Morgan fingerprint density at radius 3 is 2.61 bits per heavy atom. The lowest BCUT2D eigenvalue weighted by Crippen LogP contribution is -2.48. The van der Waals surface area contributed by atoms with Crippen molar-refractivity contribution < 1.29 is 19.1 Å². The van der Waals surface area contributed by atoms with Gasteiger partial charge in [0.1, 0.15) is 0 Å². The summed E-state index contributed by atoms with van der Waals surface area (Å²) in [7, 11) is 0. The molecule has 1 N–H and O–H groups in total. The number of carbonyl (C=O) groups is 2. The van der Waals surface area contributed by atoms with Crippen molar-refractivity contribution in [3.8, 4) is 0 Å². The van der Waals surface area contributed by atoms with Gasteiger partial charge < -0.3 is 19.7 Å². The number of nitrogens with zero attached hydrogens (tertiary/aromatic N) is 2. The normalized spacial score (nSPS) is 25.8. The van der Waals surface area contributed by atoms with Crippen LogP contribution in [-0.2, 0) is 19.1 Å². The highest BCUT2D eigenvalue weighted by Crippen LogP contribution is 2.42. The Morgan fingerprint density at radius 1 is 1.07 bits per heavy atom. The van der Waals surface area contributed by atoms with Crippen LogP contribution in [0.25, 0.3) is 10.9 Å². The molecule has 146 valence electrons. The summed E-state index contributed by atoms with van der Waals surface area (Å²) in [6.07, 6.45) is 3.72. The maximum absolute atomic E-state index is 12.8. The van der Waals surface area contributed by atoms with E-state index < -0.39 is 5.79 Å². The highest BCUT2D eigenvalue weighted by atomic mass is 16.7. The van der Waals surface area contributed by atoms with Crippen LogP contribution in [0, 0.1) is 11.8 Å². The van der Waals surface area contributed by atoms with E-state index in [1.165, 1.54) is 0 Å². The summed E-state index contributed by atoms with van der Waals surface area (Å²) in [6.45, 7) is 2.50. The number of piperidine rings is 1. The van der Waals surface area contributed by atoms with Crippen LogP contribution < -0.4 is 5.32 Å². The van der Waals surface area contributed by atoms with Crippen LogP contribution >= 0.6 is 0 Å². The van der Waals surface area contributed by atoms with Crippen molar-refractivity contribution in [3.05, 3.63) is 36.5 Å². The predicted molar refractivity (Wildman–Crippen MR) is 102 cm³/mol. The standard InChI is InChI=1S/C21H23N3O4/c25-19(23-17-5-1-3-14-4-2-8-22-18(14)17)15-13-16(15)20(26)24-9-6-21(7-10-24)27-11-12-28-21/h1-5,8,15-16H,6-7,9-13H2,(H,23,25). The first kappa shape index (κ1) is 17.6. The van der Waals surface area contributed by atoms with Gasteiger partial charge in [-0.15, -0.1) is 0 Å². The molecule has 2 amide bonds. The Hall–Kier alpha value is -2.51. The zero-order valence-corrected chi connectivity index (χ0v) is 15.6. The molecule has 7 nitrogen and oxygen atoms in total. The van der Waals surface area contributed by atoms with Crippen molar-refractivity contribution in [1.29, 1.82) is 0 Å². The van der Waals surface area contributed by atoms with Crippen molar-refractivity contribution >= 4 is 28.4 Å². The van der Waals surface area contributed by atoms with Crippen molar-refractivity contribution in [2.45, 2.75) is 25.0 Å². The van der Waals surface area contributed by atoms with Gasteiger partial charge in [0.15, 0.2) is 5.79 Å². The lowest BCUT2D eigenvalue weighted by atomic mass is 10.0. The van der Waals surface area contributed by atoms with Crippen LogP contribution in [0.1, 0.15) is 19.3 Å². The molecule has 2 aliphatic heterocycles. The van der Waals surface area contributed by atoms with Crippen LogP contribution in [0.4, 0.5) is 5.69 Å². The molecule has 2 aromatic rings. The van der Waals surface area contributed by atoms with E-state index in [2.05, 4.69) is 10.3 Å². The highest BCUT2D eigenvalue weighted by molar-refractivity contribution is 6.04. The fourth-order valence-corrected chi connectivity index (χ4v) is 4.28. The number of rotatable bonds is 3. The van der Waals surface area contributed by atoms with E-state index in [-0.39, 0.29) is 23.7 Å². The number of likely N-dealkylation sites (tertiary alicyclic amines) is 1. The molecular weight excluding hydrogens is 358 g/mol. The molecule has 7 heteroatoms. The average Bonchev–Trinajstić information content (AvgIpc) is 3.42. The van der Waals surface area contributed by atoms with Gasteiger partial charge in [0, 0.05) is 37.5 Å². The Kier molecular flexibility index (Phi) is 4.29. The third-order valence-corrected chi connectivity index (χ3v) is 5.99. The Balaban J connectivity index is 1.20. The topological polar surface area (TPSA) is 80.8 Å². The number of aromatic nitrogens is 1. The summed E-state index contributed by atoms with van der Waals surface area (Å²) >= 11 is 0. The maximum atomic E-state index is 12.8. The van der Waals surface area contributed by atoms with E-state index in [0.717, 1.165) is 10.9 Å². The number of ether oxygens (including phenoxy) is 2. The number of nitrogens with one attached hydrogen (secondary N) is 1. The Labute approximate surface area is 163 Å². The highest BCUT2D eigenvalue weighted by Gasteiger charge is 2.51. The molecule has 0 radical (unpaired) electrons. The van der Waals surface area contributed by atoms with E-state index in [9.17, 15) is 9.59 Å². The van der Waals surface area contributed by atoms with E-state index in [4.69, 9.17) is 9.47 Å². The first-order valence-electron chi connectivity index (χ1n) is 9.87. The first-order valence-corrected chi connectivity index (χ1v) is 9.87. The molecule has 3 aliphatic rings. The van der Waals surface area contributed by atoms with Crippen molar-refractivity contribution in [2.24, 2.45) is 11.8 Å². The van der Waals surface area contributed by atoms with E-state index in [0.29, 0.717) is 51.3 Å². The molecule has 2 atom stereocenters. The van der Waals surface area contributed by atoms with Gasteiger partial charge in [-0.05, 0) is 18.6 Å². The fraction of sp³-hybridized carbons (Fsp3) is 0.476. The molecule has 2 unspecified atom stereocenters. The van der Waals surface area contributed by atoms with E-state index in [1.807, 2.05) is 35.2 Å². The summed E-state index contributed by atoms with van der Waals surface area (Å²) in [5, 5.41) is 3.94. The summed E-state index contributed by atoms with van der Waals surface area (Å²) < 4.78 is 11.4. The Morgan fingerprint density at radius 2 is 1.82 bits per heavy atom. The number of anilines is 1. The zero-order chi connectivity index (χ0) is 19.1. The van der Waals surface area contributed by atoms with Gasteiger partial charge >= 0.3 is 0 Å². The van der Waals surface area contributed by atoms with Crippen molar-refractivity contribution in [2.75, 3.05) is 31.6 Å². The monoisotopic (exact) mass is 381 g/mol. The van der Waals surface area contributed by atoms with Gasteiger partial charge in [0.2, 0.25) is 11.8 Å². The summed E-state index contributed by atoms with van der Waals surface area (Å²) in [5.41, 5.74) is 1.46. The van der Waals surface area contributed by atoms with Crippen LogP contribution in [0.2, 0.25) is 0 Å². The van der Waals surface area contributed by atoms with Gasteiger partial charge in [-0.3, -0.25) is 14.6 Å². The number of hydrogen-bond acceptors (Lipinski definition) is 5. The number of amides is 2. The van der Waals surface area contributed by atoms with Crippen LogP contribution in [-0.4, -0.2) is 53.8 Å². The second-order valence-electron chi connectivity index (χ2n) is 7.75. The molecular formula is C21H23N3O4. The molecule has 1 aliphatic carbocycles. The number of carbonyl (C=O) groups excluding carboxylic acids is 2. The lowest BCUT2D eigenvalue weighted by Gasteiger charge is -2.37. The minimum Gasteiger partial charge on any atom is -0.347 e. The number of fused-ring (bicyclic) bond motifs is 1.